The summed E-state index contributed by atoms with van der Waals surface area (Å²) in [4.78, 5) is 38.2. The summed E-state index contributed by atoms with van der Waals surface area (Å²) in [5.41, 5.74) is -0.0235. The van der Waals surface area contributed by atoms with Crippen molar-refractivity contribution >= 4 is 35.3 Å². The van der Waals surface area contributed by atoms with E-state index in [2.05, 4.69) is 5.32 Å². The molecule has 1 atom stereocenters. The third-order valence-corrected chi connectivity index (χ3v) is 4.47. The van der Waals surface area contributed by atoms with Gasteiger partial charge in [0.1, 0.15) is 5.60 Å². The van der Waals surface area contributed by atoms with Crippen LogP contribution in [0.15, 0.2) is 24.3 Å². The molecule has 1 saturated heterocycles. The lowest BCUT2D eigenvalue weighted by molar-refractivity contribution is -0.158. The van der Waals surface area contributed by atoms with Crippen molar-refractivity contribution in [3.63, 3.8) is 0 Å². The van der Waals surface area contributed by atoms with Gasteiger partial charge in [0.2, 0.25) is 0 Å². The van der Waals surface area contributed by atoms with Gasteiger partial charge in [-0.2, -0.15) is 0 Å². The van der Waals surface area contributed by atoms with Crippen LogP contribution in [0.4, 0.5) is 10.5 Å². The van der Waals surface area contributed by atoms with E-state index in [1.165, 1.54) is 6.92 Å². The van der Waals surface area contributed by atoms with Crippen LogP contribution in [0.1, 0.15) is 40.5 Å². The van der Waals surface area contributed by atoms with Crippen molar-refractivity contribution in [3.05, 3.63) is 29.3 Å². The fourth-order valence-corrected chi connectivity index (χ4v) is 2.95. The summed E-state index contributed by atoms with van der Waals surface area (Å²) in [6, 6.07) is 6.72. The number of rotatable bonds is 4. The Balaban J connectivity index is 1.80. The lowest BCUT2D eigenvalue weighted by atomic mass is 9.97. The summed E-state index contributed by atoms with van der Waals surface area (Å²) in [6.45, 7) is 7.78. The molecule has 0 aliphatic carbocycles. The van der Waals surface area contributed by atoms with Crippen molar-refractivity contribution in [2.75, 3.05) is 18.4 Å². The molecular weight excluding hydrogens is 384 g/mol. The molecule has 2 rings (SSSR count). The maximum atomic E-state index is 12.4. The van der Waals surface area contributed by atoms with E-state index in [0.29, 0.717) is 36.6 Å². The number of nitrogens with one attached hydrogen (secondary N) is 1. The average Bonchev–Trinajstić information content (AvgIpc) is 2.60. The second-order valence-corrected chi connectivity index (χ2v) is 8.26. The molecule has 2 amide bonds. The zero-order chi connectivity index (χ0) is 20.9. The van der Waals surface area contributed by atoms with E-state index >= 15 is 0 Å². The van der Waals surface area contributed by atoms with Crippen molar-refractivity contribution < 1.29 is 23.9 Å². The number of ether oxygens (including phenoxy) is 2. The number of piperidine rings is 1. The molecule has 0 unspecified atom stereocenters. The van der Waals surface area contributed by atoms with Crippen molar-refractivity contribution in [3.8, 4) is 0 Å². The standard InChI is InChI=1S/C20H27ClN2O5/c1-13(17(24)22-16-7-5-6-15(21)12-16)27-18(25)14-8-10-23(11-9-14)19(26)28-20(2,3)4/h5-7,12-14H,8-11H2,1-4H3,(H,22,24)/t13-/m0/s1. The molecule has 1 aliphatic rings. The third-order valence-electron chi connectivity index (χ3n) is 4.23. The highest BCUT2D eigenvalue weighted by Crippen LogP contribution is 2.22. The van der Waals surface area contributed by atoms with Crippen LogP contribution in [0, 0.1) is 5.92 Å². The van der Waals surface area contributed by atoms with E-state index in [9.17, 15) is 14.4 Å². The quantitative estimate of drug-likeness (QED) is 0.762. The molecule has 8 heteroatoms. The van der Waals surface area contributed by atoms with Gasteiger partial charge in [-0.1, -0.05) is 17.7 Å². The minimum Gasteiger partial charge on any atom is -0.452 e. The number of nitrogens with zero attached hydrogens (tertiary/aromatic N) is 1. The normalized spacial score (nSPS) is 16.2. The SMILES string of the molecule is C[C@H](OC(=O)C1CCN(C(=O)OC(C)(C)C)CC1)C(=O)Nc1cccc(Cl)c1. The van der Waals surface area contributed by atoms with Crippen LogP contribution in [0.3, 0.4) is 0 Å². The summed E-state index contributed by atoms with van der Waals surface area (Å²) in [5.74, 6) is -1.21. The van der Waals surface area contributed by atoms with Crippen LogP contribution < -0.4 is 5.32 Å². The lowest BCUT2D eigenvalue weighted by Crippen LogP contribution is -2.43. The Labute approximate surface area is 170 Å². The van der Waals surface area contributed by atoms with Crippen molar-refractivity contribution in [1.29, 1.82) is 0 Å². The number of anilines is 1. The van der Waals surface area contributed by atoms with E-state index in [1.807, 2.05) is 20.8 Å². The van der Waals surface area contributed by atoms with E-state index < -0.39 is 23.6 Å². The van der Waals surface area contributed by atoms with Crippen molar-refractivity contribution in [1.82, 2.24) is 4.90 Å². The third kappa shape index (κ3) is 6.71. The molecule has 1 N–H and O–H groups in total. The van der Waals surface area contributed by atoms with Crippen LogP contribution in [0.5, 0.6) is 0 Å². The van der Waals surface area contributed by atoms with E-state index in [1.54, 1.807) is 29.2 Å². The molecule has 1 aromatic rings. The first-order chi connectivity index (χ1) is 13.0. The smallest absolute Gasteiger partial charge is 0.410 e. The van der Waals surface area contributed by atoms with Gasteiger partial charge in [-0.15, -0.1) is 0 Å². The van der Waals surface area contributed by atoms with Gasteiger partial charge in [0, 0.05) is 23.8 Å². The molecular formula is C20H27ClN2O5. The number of halogens is 1. The number of carbonyl (C=O) groups excluding carboxylic acids is 3. The maximum Gasteiger partial charge on any atom is 0.410 e. The number of amides is 2. The molecule has 0 saturated carbocycles. The number of likely N-dealkylation sites (tertiary alicyclic amines) is 1. The molecule has 0 spiro atoms. The zero-order valence-corrected chi connectivity index (χ0v) is 17.4. The number of hydrogen-bond acceptors (Lipinski definition) is 5. The largest absolute Gasteiger partial charge is 0.452 e. The van der Waals surface area contributed by atoms with Crippen LogP contribution in [0.25, 0.3) is 0 Å². The Kier molecular flexibility index (Phi) is 7.29. The fraction of sp³-hybridized carbons (Fsp3) is 0.550. The molecule has 7 nitrogen and oxygen atoms in total. The topological polar surface area (TPSA) is 84.9 Å². The highest BCUT2D eigenvalue weighted by atomic mass is 35.5. The maximum absolute atomic E-state index is 12.4. The summed E-state index contributed by atoms with van der Waals surface area (Å²) >= 11 is 5.89. The average molecular weight is 411 g/mol. The Bertz CT molecular complexity index is 724. The molecule has 1 aromatic carbocycles. The van der Waals surface area contributed by atoms with Gasteiger partial charge in [0.15, 0.2) is 6.10 Å². The summed E-state index contributed by atoms with van der Waals surface area (Å²) < 4.78 is 10.7. The molecule has 0 aromatic heterocycles. The first-order valence-electron chi connectivity index (χ1n) is 9.30. The minimum absolute atomic E-state index is 0.347. The van der Waals surface area contributed by atoms with E-state index in [-0.39, 0.29) is 12.0 Å². The van der Waals surface area contributed by atoms with Crippen LogP contribution in [-0.4, -0.2) is 47.7 Å². The number of esters is 1. The molecule has 28 heavy (non-hydrogen) atoms. The molecule has 1 fully saturated rings. The van der Waals surface area contributed by atoms with Gasteiger partial charge < -0.3 is 19.7 Å². The Morgan fingerprint density at radius 1 is 1.21 bits per heavy atom. The van der Waals surface area contributed by atoms with Crippen LogP contribution in [0.2, 0.25) is 5.02 Å². The Hall–Kier alpha value is -2.28. The molecule has 1 aliphatic heterocycles. The highest BCUT2D eigenvalue weighted by molar-refractivity contribution is 6.30. The predicted molar refractivity (Wildman–Crippen MR) is 106 cm³/mol. The highest BCUT2D eigenvalue weighted by Gasteiger charge is 2.32. The van der Waals surface area contributed by atoms with E-state index in [0.717, 1.165) is 0 Å². The summed E-state index contributed by atoms with van der Waals surface area (Å²) in [5, 5.41) is 3.16. The number of carbonyl (C=O) groups is 3. The number of benzene rings is 1. The van der Waals surface area contributed by atoms with Gasteiger partial charge in [-0.05, 0) is 58.7 Å². The lowest BCUT2D eigenvalue weighted by Gasteiger charge is -2.32. The molecule has 0 radical (unpaired) electrons. The Morgan fingerprint density at radius 3 is 2.43 bits per heavy atom. The zero-order valence-electron chi connectivity index (χ0n) is 16.7. The monoisotopic (exact) mass is 410 g/mol. The van der Waals surface area contributed by atoms with Crippen molar-refractivity contribution in [2.45, 2.75) is 52.2 Å². The number of hydrogen-bond donors (Lipinski definition) is 1. The van der Waals surface area contributed by atoms with Gasteiger partial charge in [0.05, 0.1) is 5.92 Å². The second-order valence-electron chi connectivity index (χ2n) is 7.82. The summed E-state index contributed by atoms with van der Waals surface area (Å²) in [7, 11) is 0. The van der Waals surface area contributed by atoms with Gasteiger partial charge in [-0.25, -0.2) is 4.79 Å². The first kappa shape index (κ1) is 22.0. The summed E-state index contributed by atoms with van der Waals surface area (Å²) in [6.07, 6.45) is -0.370. The Morgan fingerprint density at radius 2 is 1.86 bits per heavy atom. The minimum atomic E-state index is -0.935. The van der Waals surface area contributed by atoms with Crippen LogP contribution >= 0.6 is 11.6 Å². The van der Waals surface area contributed by atoms with Crippen LogP contribution in [-0.2, 0) is 19.1 Å². The van der Waals surface area contributed by atoms with Gasteiger partial charge >= 0.3 is 12.1 Å². The van der Waals surface area contributed by atoms with Gasteiger partial charge in [-0.3, -0.25) is 9.59 Å². The molecule has 154 valence electrons. The van der Waals surface area contributed by atoms with E-state index in [4.69, 9.17) is 21.1 Å². The molecule has 0 bridgehead atoms. The first-order valence-corrected chi connectivity index (χ1v) is 9.68. The fourth-order valence-electron chi connectivity index (χ4n) is 2.76. The second kappa shape index (κ2) is 9.28. The van der Waals surface area contributed by atoms with Gasteiger partial charge in [0.25, 0.3) is 5.91 Å². The van der Waals surface area contributed by atoms with Crippen molar-refractivity contribution in [2.24, 2.45) is 5.92 Å². The molecule has 1 heterocycles. The predicted octanol–water partition coefficient (Wildman–Crippen LogP) is 3.86.